The zero-order chi connectivity index (χ0) is 22.3. The number of fused-ring (bicyclic) bond motifs is 1. The molecular weight excluding hydrogens is 431 g/mol. The summed E-state index contributed by atoms with van der Waals surface area (Å²) in [7, 11) is 0. The lowest BCUT2D eigenvalue weighted by Gasteiger charge is -2.22. The zero-order valence-electron chi connectivity index (χ0n) is 16.6. The topological polar surface area (TPSA) is 63.9 Å². The fourth-order valence-electron chi connectivity index (χ4n) is 3.51. The highest BCUT2D eigenvalue weighted by Gasteiger charge is 2.35. The SMILES string of the molecule is Cc1cc(C)nc(Cn2nnc3c2C=CN(C(=O)c2cccc(C(F)(F)F)c2Cl)C3)c1. The summed E-state index contributed by atoms with van der Waals surface area (Å²) < 4.78 is 41.0. The van der Waals surface area contributed by atoms with Crippen molar-refractivity contribution in [1.82, 2.24) is 24.9 Å². The molecule has 1 amide bonds. The van der Waals surface area contributed by atoms with Gasteiger partial charge in [0.05, 0.1) is 40.6 Å². The average Bonchev–Trinajstić information content (AvgIpc) is 3.08. The van der Waals surface area contributed by atoms with Gasteiger partial charge in [-0.2, -0.15) is 13.2 Å². The summed E-state index contributed by atoms with van der Waals surface area (Å²) in [6.07, 6.45) is -1.50. The van der Waals surface area contributed by atoms with E-state index in [0.29, 0.717) is 17.9 Å². The molecule has 31 heavy (non-hydrogen) atoms. The lowest BCUT2D eigenvalue weighted by Crippen LogP contribution is -2.28. The molecule has 0 radical (unpaired) electrons. The predicted octanol–water partition coefficient (Wildman–Crippen LogP) is 4.64. The van der Waals surface area contributed by atoms with Gasteiger partial charge in [-0.25, -0.2) is 4.68 Å². The molecule has 0 atom stereocenters. The summed E-state index contributed by atoms with van der Waals surface area (Å²) in [6, 6.07) is 7.21. The van der Waals surface area contributed by atoms with E-state index in [1.807, 2.05) is 26.0 Å². The van der Waals surface area contributed by atoms with Gasteiger partial charge in [-0.05, 0) is 49.8 Å². The molecular formula is C21H17ClF3N5O. The maximum absolute atomic E-state index is 13.1. The van der Waals surface area contributed by atoms with Gasteiger partial charge < -0.3 is 4.90 Å². The van der Waals surface area contributed by atoms with Crippen LogP contribution in [0.2, 0.25) is 5.02 Å². The smallest absolute Gasteiger partial charge is 0.309 e. The molecule has 1 aromatic carbocycles. The molecule has 2 aromatic heterocycles. The molecule has 0 saturated carbocycles. The standard InChI is InChI=1S/C21H17ClF3N5O/c1-12-8-13(2)26-14(9-12)10-30-18-6-7-29(11-17(18)27-28-30)20(31)15-4-3-5-16(19(15)22)21(23,24)25/h3-9H,10-11H2,1-2H3. The predicted molar refractivity (Wildman–Crippen MR) is 108 cm³/mol. The number of rotatable bonds is 3. The number of nitrogens with zero attached hydrogens (tertiary/aromatic N) is 5. The molecule has 10 heteroatoms. The molecule has 0 fully saturated rings. The van der Waals surface area contributed by atoms with Crippen LogP contribution in [-0.4, -0.2) is 30.8 Å². The Hall–Kier alpha value is -3.20. The Morgan fingerprint density at radius 3 is 2.71 bits per heavy atom. The molecule has 3 heterocycles. The molecule has 0 unspecified atom stereocenters. The van der Waals surface area contributed by atoms with E-state index in [4.69, 9.17) is 11.6 Å². The van der Waals surface area contributed by atoms with Crippen LogP contribution in [0.1, 0.15) is 44.3 Å². The van der Waals surface area contributed by atoms with Crippen molar-refractivity contribution in [3.63, 3.8) is 0 Å². The van der Waals surface area contributed by atoms with Crippen molar-refractivity contribution in [1.29, 1.82) is 0 Å². The van der Waals surface area contributed by atoms with Crippen molar-refractivity contribution in [3.8, 4) is 0 Å². The molecule has 0 aliphatic carbocycles. The Morgan fingerprint density at radius 2 is 2.00 bits per heavy atom. The second-order valence-corrected chi connectivity index (χ2v) is 7.65. The highest BCUT2D eigenvalue weighted by Crippen LogP contribution is 2.37. The molecule has 6 nitrogen and oxygen atoms in total. The molecule has 0 bridgehead atoms. The number of hydrogen-bond donors (Lipinski definition) is 0. The first kappa shape index (κ1) is 21.0. The number of pyridine rings is 1. The van der Waals surface area contributed by atoms with Crippen LogP contribution in [0.5, 0.6) is 0 Å². The third kappa shape index (κ3) is 4.18. The molecule has 1 aliphatic heterocycles. The Morgan fingerprint density at radius 1 is 1.23 bits per heavy atom. The quantitative estimate of drug-likeness (QED) is 0.587. The normalized spacial score (nSPS) is 13.4. The van der Waals surface area contributed by atoms with E-state index in [1.54, 1.807) is 10.8 Å². The zero-order valence-corrected chi connectivity index (χ0v) is 17.4. The van der Waals surface area contributed by atoms with Crippen molar-refractivity contribution in [2.24, 2.45) is 0 Å². The van der Waals surface area contributed by atoms with Gasteiger partial charge in [0.25, 0.3) is 5.91 Å². The molecule has 160 valence electrons. The van der Waals surface area contributed by atoms with Gasteiger partial charge >= 0.3 is 6.18 Å². The van der Waals surface area contributed by atoms with Crippen molar-refractivity contribution in [3.05, 3.63) is 81.0 Å². The number of hydrogen-bond acceptors (Lipinski definition) is 4. The number of halogens is 4. The number of benzene rings is 1. The summed E-state index contributed by atoms with van der Waals surface area (Å²) in [5.41, 5.74) is 2.78. The van der Waals surface area contributed by atoms with Crippen LogP contribution in [0, 0.1) is 13.8 Å². The number of alkyl halides is 3. The van der Waals surface area contributed by atoms with Crippen LogP contribution >= 0.6 is 11.6 Å². The molecule has 0 spiro atoms. The van der Waals surface area contributed by atoms with Crippen molar-refractivity contribution in [2.75, 3.05) is 0 Å². The second kappa shape index (κ2) is 7.81. The van der Waals surface area contributed by atoms with Crippen LogP contribution in [0.15, 0.2) is 36.5 Å². The van der Waals surface area contributed by atoms with Crippen LogP contribution in [0.3, 0.4) is 0 Å². The van der Waals surface area contributed by atoms with E-state index < -0.39 is 22.7 Å². The fourth-order valence-corrected chi connectivity index (χ4v) is 3.83. The maximum atomic E-state index is 13.1. The third-order valence-electron chi connectivity index (χ3n) is 4.84. The summed E-state index contributed by atoms with van der Waals surface area (Å²) >= 11 is 5.90. The van der Waals surface area contributed by atoms with E-state index >= 15 is 0 Å². The van der Waals surface area contributed by atoms with Crippen molar-refractivity contribution in [2.45, 2.75) is 33.1 Å². The Labute approximate surface area is 181 Å². The Balaban J connectivity index is 1.58. The van der Waals surface area contributed by atoms with Crippen LogP contribution < -0.4 is 0 Å². The highest BCUT2D eigenvalue weighted by molar-refractivity contribution is 6.34. The monoisotopic (exact) mass is 447 g/mol. The van der Waals surface area contributed by atoms with Crippen LogP contribution in [0.25, 0.3) is 6.08 Å². The number of carbonyl (C=O) groups excluding carboxylic acids is 1. The average molecular weight is 448 g/mol. The molecule has 4 rings (SSSR count). The largest absolute Gasteiger partial charge is 0.417 e. The summed E-state index contributed by atoms with van der Waals surface area (Å²) in [5.74, 6) is -0.650. The lowest BCUT2D eigenvalue weighted by molar-refractivity contribution is -0.137. The fraction of sp³-hybridized carbons (Fsp3) is 0.238. The first-order chi connectivity index (χ1) is 14.6. The second-order valence-electron chi connectivity index (χ2n) is 7.27. The molecule has 0 saturated heterocycles. The maximum Gasteiger partial charge on any atom is 0.417 e. The third-order valence-corrected chi connectivity index (χ3v) is 5.24. The van der Waals surface area contributed by atoms with Crippen molar-refractivity contribution >= 4 is 23.6 Å². The van der Waals surface area contributed by atoms with Gasteiger partial charge in [-0.1, -0.05) is 22.9 Å². The van der Waals surface area contributed by atoms with Crippen molar-refractivity contribution < 1.29 is 18.0 Å². The van der Waals surface area contributed by atoms with Gasteiger partial charge in [0.15, 0.2) is 0 Å². The first-order valence-electron chi connectivity index (χ1n) is 9.35. The van der Waals surface area contributed by atoms with E-state index in [0.717, 1.165) is 29.1 Å². The van der Waals surface area contributed by atoms with E-state index in [1.165, 1.54) is 17.2 Å². The molecule has 1 aliphatic rings. The first-order valence-corrected chi connectivity index (χ1v) is 9.72. The number of aromatic nitrogens is 4. The lowest BCUT2D eigenvalue weighted by atomic mass is 10.1. The minimum Gasteiger partial charge on any atom is -0.309 e. The molecule has 3 aromatic rings. The molecule has 0 N–H and O–H groups in total. The Kier molecular flexibility index (Phi) is 5.30. The van der Waals surface area contributed by atoms with Gasteiger partial charge in [0, 0.05) is 11.9 Å². The van der Waals surface area contributed by atoms with Gasteiger partial charge in [-0.3, -0.25) is 9.78 Å². The van der Waals surface area contributed by atoms with Gasteiger partial charge in [0.1, 0.15) is 5.69 Å². The number of amides is 1. The summed E-state index contributed by atoms with van der Waals surface area (Å²) in [4.78, 5) is 18.6. The minimum atomic E-state index is -4.65. The van der Waals surface area contributed by atoms with E-state index in [-0.39, 0.29) is 12.1 Å². The number of aryl methyl sites for hydroxylation is 2. The Bertz CT molecular complexity index is 1180. The van der Waals surface area contributed by atoms with Gasteiger partial charge in [-0.15, -0.1) is 5.10 Å². The van der Waals surface area contributed by atoms with Crippen LogP contribution in [0.4, 0.5) is 13.2 Å². The minimum absolute atomic E-state index is 0.0670. The van der Waals surface area contributed by atoms with E-state index in [9.17, 15) is 18.0 Å². The number of carbonyl (C=O) groups is 1. The summed E-state index contributed by atoms with van der Waals surface area (Å²) in [6.45, 7) is 4.37. The van der Waals surface area contributed by atoms with Gasteiger partial charge in [0.2, 0.25) is 0 Å². The van der Waals surface area contributed by atoms with E-state index in [2.05, 4.69) is 15.3 Å². The summed E-state index contributed by atoms with van der Waals surface area (Å²) in [5, 5.41) is 7.65. The van der Waals surface area contributed by atoms with Crippen LogP contribution in [-0.2, 0) is 19.3 Å². The highest BCUT2D eigenvalue weighted by atomic mass is 35.5.